The van der Waals surface area contributed by atoms with Gasteiger partial charge >= 0.3 is 0 Å². The molecule has 1 saturated carbocycles. The van der Waals surface area contributed by atoms with Gasteiger partial charge in [-0.3, -0.25) is 0 Å². The van der Waals surface area contributed by atoms with Crippen molar-refractivity contribution in [1.82, 2.24) is 9.97 Å². The van der Waals surface area contributed by atoms with E-state index in [1.807, 2.05) is 31.2 Å². The van der Waals surface area contributed by atoms with E-state index in [-0.39, 0.29) is 0 Å². The second-order valence-electron chi connectivity index (χ2n) is 5.62. The number of aryl methyl sites for hydroxylation is 1. The zero-order valence-corrected chi connectivity index (χ0v) is 12.4. The number of hydrogen-bond acceptors (Lipinski definition) is 6. The Hall–Kier alpha value is -2.50. The van der Waals surface area contributed by atoms with Crippen LogP contribution in [0.3, 0.4) is 0 Å². The summed E-state index contributed by atoms with van der Waals surface area (Å²) in [6.45, 7) is 3.15. The lowest BCUT2D eigenvalue weighted by atomic mass is 10.2. The average Bonchev–Trinajstić information content (AvgIpc) is 3.30. The maximum atomic E-state index is 5.60. The largest absolute Gasteiger partial charge is 0.486 e. The van der Waals surface area contributed by atoms with E-state index in [9.17, 15) is 0 Å². The first kappa shape index (κ1) is 13.2. The van der Waals surface area contributed by atoms with Gasteiger partial charge in [-0.25, -0.2) is 4.98 Å². The van der Waals surface area contributed by atoms with E-state index in [4.69, 9.17) is 9.47 Å². The summed E-state index contributed by atoms with van der Waals surface area (Å²) in [6.07, 6.45) is 2.39. The Morgan fingerprint density at radius 3 is 2.68 bits per heavy atom. The monoisotopic (exact) mass is 298 g/mol. The van der Waals surface area contributed by atoms with Crippen LogP contribution >= 0.6 is 0 Å². The van der Waals surface area contributed by atoms with Gasteiger partial charge < -0.3 is 20.1 Å². The molecule has 1 aromatic heterocycles. The van der Waals surface area contributed by atoms with Crippen LogP contribution in [0, 0.1) is 6.92 Å². The molecule has 22 heavy (non-hydrogen) atoms. The molecule has 0 bridgehead atoms. The van der Waals surface area contributed by atoms with E-state index >= 15 is 0 Å². The zero-order chi connectivity index (χ0) is 14.9. The molecule has 6 nitrogen and oxygen atoms in total. The molecule has 0 spiro atoms. The van der Waals surface area contributed by atoms with Crippen LogP contribution in [0.5, 0.6) is 11.5 Å². The van der Waals surface area contributed by atoms with Crippen LogP contribution in [0.1, 0.15) is 18.5 Å². The molecule has 0 amide bonds. The second kappa shape index (κ2) is 5.36. The van der Waals surface area contributed by atoms with Crippen LogP contribution in [0.2, 0.25) is 0 Å². The maximum Gasteiger partial charge on any atom is 0.225 e. The fraction of sp³-hybridized carbons (Fsp3) is 0.375. The molecule has 0 radical (unpaired) electrons. The van der Waals surface area contributed by atoms with Gasteiger partial charge in [0, 0.05) is 29.6 Å². The predicted octanol–water partition coefficient (Wildman–Crippen LogP) is 2.87. The van der Waals surface area contributed by atoms with Crippen LogP contribution in [0.15, 0.2) is 24.3 Å². The van der Waals surface area contributed by atoms with Gasteiger partial charge in [0.05, 0.1) is 0 Å². The van der Waals surface area contributed by atoms with Crippen molar-refractivity contribution in [1.29, 1.82) is 0 Å². The van der Waals surface area contributed by atoms with E-state index in [2.05, 4.69) is 20.6 Å². The molecule has 1 aliphatic carbocycles. The minimum atomic E-state index is 0.531. The number of fused-ring (bicyclic) bond motifs is 1. The molecule has 2 heterocycles. The second-order valence-corrected chi connectivity index (χ2v) is 5.62. The molecule has 114 valence electrons. The quantitative estimate of drug-likeness (QED) is 0.904. The highest BCUT2D eigenvalue weighted by atomic mass is 16.6. The first-order valence-corrected chi connectivity index (χ1v) is 7.55. The topological polar surface area (TPSA) is 68.3 Å². The number of hydrogen-bond donors (Lipinski definition) is 2. The fourth-order valence-electron chi connectivity index (χ4n) is 2.38. The highest BCUT2D eigenvalue weighted by Crippen LogP contribution is 2.33. The molecule has 1 aromatic carbocycles. The lowest BCUT2D eigenvalue weighted by Gasteiger charge is -2.19. The molecule has 6 heteroatoms. The molecule has 1 aliphatic heterocycles. The Balaban J connectivity index is 1.55. The number of rotatable bonds is 4. The lowest BCUT2D eigenvalue weighted by molar-refractivity contribution is 0.171. The van der Waals surface area contributed by atoms with Gasteiger partial charge in [-0.1, -0.05) is 0 Å². The zero-order valence-electron chi connectivity index (χ0n) is 12.4. The smallest absolute Gasteiger partial charge is 0.225 e. The van der Waals surface area contributed by atoms with E-state index in [0.717, 1.165) is 28.7 Å². The molecule has 0 unspecified atom stereocenters. The first-order chi connectivity index (χ1) is 10.8. The van der Waals surface area contributed by atoms with Crippen molar-refractivity contribution < 1.29 is 9.47 Å². The highest BCUT2D eigenvalue weighted by Gasteiger charge is 2.22. The highest BCUT2D eigenvalue weighted by molar-refractivity contribution is 5.62. The van der Waals surface area contributed by atoms with Gasteiger partial charge in [0.1, 0.15) is 19.0 Å². The van der Waals surface area contributed by atoms with Gasteiger partial charge in [0.25, 0.3) is 0 Å². The molecule has 2 N–H and O–H groups in total. The third kappa shape index (κ3) is 2.90. The molecule has 2 aromatic rings. The van der Waals surface area contributed by atoms with Crippen LogP contribution < -0.4 is 20.1 Å². The normalized spacial score (nSPS) is 16.2. The van der Waals surface area contributed by atoms with Crippen molar-refractivity contribution in [3.05, 3.63) is 30.0 Å². The fourth-order valence-corrected chi connectivity index (χ4v) is 2.38. The number of nitrogens with one attached hydrogen (secondary N) is 2. The summed E-state index contributed by atoms with van der Waals surface area (Å²) < 4.78 is 11.1. The van der Waals surface area contributed by atoms with Crippen LogP contribution in [-0.4, -0.2) is 29.2 Å². The van der Waals surface area contributed by atoms with Crippen LogP contribution in [0.25, 0.3) is 0 Å². The lowest BCUT2D eigenvalue weighted by Crippen LogP contribution is -2.15. The Kier molecular flexibility index (Phi) is 3.21. The first-order valence-electron chi connectivity index (χ1n) is 7.55. The third-order valence-electron chi connectivity index (χ3n) is 3.58. The molecular weight excluding hydrogens is 280 g/mol. The van der Waals surface area contributed by atoms with E-state index < -0.39 is 0 Å². The van der Waals surface area contributed by atoms with Gasteiger partial charge in [-0.2, -0.15) is 4.98 Å². The Morgan fingerprint density at radius 2 is 1.86 bits per heavy atom. The predicted molar refractivity (Wildman–Crippen MR) is 84.1 cm³/mol. The van der Waals surface area contributed by atoms with E-state index in [1.54, 1.807) is 0 Å². The molecule has 1 fully saturated rings. The molecule has 4 rings (SSSR count). The van der Waals surface area contributed by atoms with Crippen LogP contribution in [-0.2, 0) is 0 Å². The number of benzene rings is 1. The minimum absolute atomic E-state index is 0.531. The summed E-state index contributed by atoms with van der Waals surface area (Å²) in [7, 11) is 0. The molecule has 0 atom stereocenters. The standard InChI is InChI=1S/C16H18N4O2/c1-10-8-15(20-16(17-10)19-11-2-3-11)18-12-4-5-13-14(9-12)22-7-6-21-13/h4-5,8-9,11H,2-3,6-7H2,1H3,(H2,17,18,19,20). The summed E-state index contributed by atoms with van der Waals surface area (Å²) in [6, 6.07) is 8.26. The summed E-state index contributed by atoms with van der Waals surface area (Å²) in [5.74, 6) is 3.00. The van der Waals surface area contributed by atoms with Gasteiger partial charge in [0.2, 0.25) is 5.95 Å². The minimum Gasteiger partial charge on any atom is -0.486 e. The number of nitrogens with zero attached hydrogens (tertiary/aromatic N) is 2. The van der Waals surface area contributed by atoms with Crippen molar-refractivity contribution in [3.63, 3.8) is 0 Å². The van der Waals surface area contributed by atoms with Gasteiger partial charge in [-0.05, 0) is 31.9 Å². The van der Waals surface area contributed by atoms with Crippen molar-refractivity contribution in [2.45, 2.75) is 25.8 Å². The molecular formula is C16H18N4O2. The summed E-state index contributed by atoms with van der Waals surface area (Å²) in [5.41, 5.74) is 1.85. The van der Waals surface area contributed by atoms with E-state index in [1.165, 1.54) is 12.8 Å². The van der Waals surface area contributed by atoms with Gasteiger partial charge in [0.15, 0.2) is 11.5 Å². The summed E-state index contributed by atoms with van der Waals surface area (Å²) in [5, 5.41) is 6.63. The van der Waals surface area contributed by atoms with Gasteiger partial charge in [-0.15, -0.1) is 0 Å². The summed E-state index contributed by atoms with van der Waals surface area (Å²) >= 11 is 0. The third-order valence-corrected chi connectivity index (χ3v) is 3.58. The number of aromatic nitrogens is 2. The molecule has 2 aliphatic rings. The average molecular weight is 298 g/mol. The number of ether oxygens (including phenoxy) is 2. The van der Waals surface area contributed by atoms with Crippen molar-refractivity contribution in [2.75, 3.05) is 23.8 Å². The summed E-state index contributed by atoms with van der Waals surface area (Å²) in [4.78, 5) is 8.93. The number of anilines is 3. The Bertz CT molecular complexity index is 701. The van der Waals surface area contributed by atoms with E-state index in [0.29, 0.717) is 25.2 Å². The Labute approximate surface area is 128 Å². The Morgan fingerprint density at radius 1 is 1.05 bits per heavy atom. The maximum absolute atomic E-state index is 5.60. The van der Waals surface area contributed by atoms with Crippen molar-refractivity contribution in [3.8, 4) is 11.5 Å². The SMILES string of the molecule is Cc1cc(Nc2ccc3c(c2)OCCO3)nc(NC2CC2)n1. The molecule has 0 saturated heterocycles. The van der Waals surface area contributed by atoms with Crippen LogP contribution in [0.4, 0.5) is 17.5 Å². The van der Waals surface area contributed by atoms with Crippen molar-refractivity contribution >= 4 is 17.5 Å². The van der Waals surface area contributed by atoms with Crippen molar-refractivity contribution in [2.24, 2.45) is 0 Å².